The van der Waals surface area contributed by atoms with E-state index in [1.807, 2.05) is 4.90 Å². The molecule has 0 aliphatic carbocycles. The van der Waals surface area contributed by atoms with E-state index in [1.165, 1.54) is 48.2 Å². The summed E-state index contributed by atoms with van der Waals surface area (Å²) < 4.78 is 25.8. The Morgan fingerprint density at radius 1 is 0.893 bits per heavy atom. The van der Waals surface area contributed by atoms with Crippen LogP contribution in [0.3, 0.4) is 0 Å². The molecule has 0 aromatic heterocycles. The van der Waals surface area contributed by atoms with Gasteiger partial charge in [-0.2, -0.15) is 0 Å². The van der Waals surface area contributed by atoms with Crippen molar-refractivity contribution in [3.05, 3.63) is 60.2 Å². The second-order valence-corrected chi connectivity index (χ2v) is 7.50. The Morgan fingerprint density at radius 3 is 2.07 bits per heavy atom. The van der Waals surface area contributed by atoms with Gasteiger partial charge < -0.3 is 10.2 Å². The lowest BCUT2D eigenvalue weighted by Gasteiger charge is -2.34. The quantitative estimate of drug-likeness (QED) is 0.751. The molecule has 0 bridgehead atoms. The minimum absolute atomic E-state index is 0.0322. The van der Waals surface area contributed by atoms with Crippen LogP contribution in [0.2, 0.25) is 0 Å². The van der Waals surface area contributed by atoms with Gasteiger partial charge in [0.1, 0.15) is 11.6 Å². The largest absolute Gasteiger partial charge is 0.339 e. The molecule has 2 aromatic carbocycles. The highest BCUT2D eigenvalue weighted by atomic mass is 32.2. The van der Waals surface area contributed by atoms with E-state index >= 15 is 0 Å². The Hall–Kier alpha value is -2.45. The topological polar surface area (TPSA) is 52.7 Å². The average Bonchev–Trinajstić information content (AvgIpc) is 2.69. The molecule has 8 heteroatoms. The molecule has 1 aliphatic heterocycles. The van der Waals surface area contributed by atoms with Crippen molar-refractivity contribution in [2.45, 2.75) is 4.90 Å². The molecular weight excluding hydrogens is 384 g/mol. The number of amides is 2. The second-order valence-electron chi connectivity index (χ2n) is 6.45. The molecule has 2 amide bonds. The summed E-state index contributed by atoms with van der Waals surface area (Å²) in [5.74, 6) is -0.480. The highest BCUT2D eigenvalue weighted by molar-refractivity contribution is 8.00. The first-order valence-corrected chi connectivity index (χ1v) is 9.92. The highest BCUT2D eigenvalue weighted by Gasteiger charge is 2.22. The predicted molar refractivity (Wildman–Crippen MR) is 105 cm³/mol. The molecule has 1 saturated heterocycles. The Kier molecular flexibility index (Phi) is 7.00. The normalized spacial score (nSPS) is 14.7. The molecule has 0 unspecified atom stereocenters. The first kappa shape index (κ1) is 20.3. The number of hydrogen-bond donors (Lipinski definition) is 1. The standard InChI is InChI=1S/C20H21F2N3O2S/c21-15-1-5-17(6-2-15)23-19(26)13-24-9-11-25(12-10-24)20(27)14-28-18-7-3-16(22)4-8-18/h1-8H,9-14H2,(H,23,26). The highest BCUT2D eigenvalue weighted by Crippen LogP contribution is 2.19. The summed E-state index contributed by atoms with van der Waals surface area (Å²) in [5, 5.41) is 2.73. The number of carbonyl (C=O) groups excluding carboxylic acids is 2. The SMILES string of the molecule is O=C(CN1CCN(C(=O)CSc2ccc(F)cc2)CC1)Nc1ccc(F)cc1. The van der Waals surface area contributed by atoms with Gasteiger partial charge in [0.2, 0.25) is 11.8 Å². The van der Waals surface area contributed by atoms with Crippen LogP contribution in [0.25, 0.3) is 0 Å². The number of hydrogen-bond acceptors (Lipinski definition) is 4. The first-order chi connectivity index (χ1) is 13.5. The fourth-order valence-corrected chi connectivity index (χ4v) is 3.66. The molecule has 0 spiro atoms. The Bertz CT molecular complexity index is 807. The van der Waals surface area contributed by atoms with Gasteiger partial charge in [-0.3, -0.25) is 14.5 Å². The van der Waals surface area contributed by atoms with Gasteiger partial charge in [0.25, 0.3) is 0 Å². The predicted octanol–water partition coefficient (Wildman–Crippen LogP) is 2.84. The van der Waals surface area contributed by atoms with Crippen LogP contribution in [0, 0.1) is 11.6 Å². The van der Waals surface area contributed by atoms with Crippen LogP contribution in [-0.4, -0.2) is 60.1 Å². The van der Waals surface area contributed by atoms with E-state index in [1.54, 1.807) is 17.0 Å². The smallest absolute Gasteiger partial charge is 0.238 e. The minimum Gasteiger partial charge on any atom is -0.339 e. The number of thioether (sulfide) groups is 1. The molecule has 0 radical (unpaired) electrons. The lowest BCUT2D eigenvalue weighted by Crippen LogP contribution is -2.50. The van der Waals surface area contributed by atoms with Gasteiger partial charge in [-0.15, -0.1) is 11.8 Å². The van der Waals surface area contributed by atoms with Crippen LogP contribution in [0.5, 0.6) is 0 Å². The third kappa shape index (κ3) is 6.03. The number of carbonyl (C=O) groups is 2. The molecule has 1 N–H and O–H groups in total. The summed E-state index contributed by atoms with van der Waals surface area (Å²) in [6.07, 6.45) is 0. The molecule has 28 heavy (non-hydrogen) atoms. The number of piperazine rings is 1. The van der Waals surface area contributed by atoms with E-state index in [0.29, 0.717) is 37.6 Å². The van der Waals surface area contributed by atoms with Crippen molar-refractivity contribution in [2.24, 2.45) is 0 Å². The fraction of sp³-hybridized carbons (Fsp3) is 0.300. The van der Waals surface area contributed by atoms with E-state index < -0.39 is 0 Å². The van der Waals surface area contributed by atoms with Gasteiger partial charge in [0.05, 0.1) is 12.3 Å². The van der Waals surface area contributed by atoms with Gasteiger partial charge in [0.15, 0.2) is 0 Å². The number of halogens is 2. The first-order valence-electron chi connectivity index (χ1n) is 8.93. The lowest BCUT2D eigenvalue weighted by molar-refractivity contribution is -0.130. The van der Waals surface area contributed by atoms with E-state index in [-0.39, 0.29) is 30.0 Å². The molecule has 1 fully saturated rings. The van der Waals surface area contributed by atoms with E-state index in [2.05, 4.69) is 5.32 Å². The molecule has 1 heterocycles. The van der Waals surface area contributed by atoms with Gasteiger partial charge in [-0.1, -0.05) is 0 Å². The summed E-state index contributed by atoms with van der Waals surface area (Å²) in [5.41, 5.74) is 0.554. The molecule has 3 rings (SSSR count). The Balaban J connectivity index is 1.38. The van der Waals surface area contributed by atoms with Crippen LogP contribution in [0.4, 0.5) is 14.5 Å². The molecule has 1 aliphatic rings. The number of nitrogens with zero attached hydrogens (tertiary/aromatic N) is 2. The Labute approximate surface area is 166 Å². The van der Waals surface area contributed by atoms with Crippen LogP contribution in [-0.2, 0) is 9.59 Å². The van der Waals surface area contributed by atoms with Crippen LogP contribution in [0.1, 0.15) is 0 Å². The summed E-state index contributed by atoms with van der Waals surface area (Å²) in [6, 6.07) is 11.7. The van der Waals surface area contributed by atoms with E-state index in [4.69, 9.17) is 0 Å². The monoisotopic (exact) mass is 405 g/mol. The average molecular weight is 405 g/mol. The van der Waals surface area contributed by atoms with E-state index in [0.717, 1.165) is 4.90 Å². The molecule has 0 saturated carbocycles. The van der Waals surface area contributed by atoms with Crippen molar-refractivity contribution in [3.8, 4) is 0 Å². The van der Waals surface area contributed by atoms with Gasteiger partial charge in [-0.05, 0) is 48.5 Å². The zero-order valence-corrected chi connectivity index (χ0v) is 16.1. The maximum Gasteiger partial charge on any atom is 0.238 e. The van der Waals surface area contributed by atoms with Crippen molar-refractivity contribution < 1.29 is 18.4 Å². The van der Waals surface area contributed by atoms with Crippen LogP contribution in [0.15, 0.2) is 53.4 Å². The summed E-state index contributed by atoms with van der Waals surface area (Å²) in [7, 11) is 0. The van der Waals surface area contributed by atoms with Crippen molar-refractivity contribution in [1.29, 1.82) is 0 Å². The molecule has 2 aromatic rings. The maximum absolute atomic E-state index is 12.9. The maximum atomic E-state index is 12.9. The summed E-state index contributed by atoms with van der Waals surface area (Å²) in [4.78, 5) is 29.1. The van der Waals surface area contributed by atoms with Crippen molar-refractivity contribution in [3.63, 3.8) is 0 Å². The zero-order valence-electron chi connectivity index (χ0n) is 15.2. The Morgan fingerprint density at radius 2 is 1.46 bits per heavy atom. The van der Waals surface area contributed by atoms with Gasteiger partial charge in [0, 0.05) is 36.8 Å². The third-order valence-corrected chi connectivity index (χ3v) is 5.39. The van der Waals surface area contributed by atoms with Crippen LogP contribution < -0.4 is 5.32 Å². The second kappa shape index (κ2) is 9.66. The molecule has 0 atom stereocenters. The number of rotatable bonds is 6. The lowest BCUT2D eigenvalue weighted by atomic mass is 10.3. The van der Waals surface area contributed by atoms with Gasteiger partial charge >= 0.3 is 0 Å². The van der Waals surface area contributed by atoms with Crippen LogP contribution >= 0.6 is 11.8 Å². The number of benzene rings is 2. The van der Waals surface area contributed by atoms with E-state index in [9.17, 15) is 18.4 Å². The molecular formula is C20H21F2N3O2S. The van der Waals surface area contributed by atoms with Crippen molar-refractivity contribution >= 4 is 29.3 Å². The summed E-state index contributed by atoms with van der Waals surface area (Å²) in [6.45, 7) is 2.58. The van der Waals surface area contributed by atoms with Gasteiger partial charge in [-0.25, -0.2) is 8.78 Å². The number of anilines is 1. The summed E-state index contributed by atoms with van der Waals surface area (Å²) >= 11 is 1.38. The van der Waals surface area contributed by atoms with Crippen molar-refractivity contribution in [2.75, 3.05) is 43.8 Å². The minimum atomic E-state index is -0.351. The zero-order chi connectivity index (χ0) is 19.9. The molecule has 5 nitrogen and oxygen atoms in total. The molecule has 148 valence electrons. The third-order valence-electron chi connectivity index (χ3n) is 4.40. The van der Waals surface area contributed by atoms with Crippen molar-refractivity contribution in [1.82, 2.24) is 9.80 Å². The fourth-order valence-electron chi connectivity index (χ4n) is 2.86. The number of nitrogens with one attached hydrogen (secondary N) is 1.